The number of carbonyl (C=O) groups excluding carboxylic acids is 1. The quantitative estimate of drug-likeness (QED) is 0.733. The number of benzene rings is 1. The Labute approximate surface area is 140 Å². The summed E-state index contributed by atoms with van der Waals surface area (Å²) in [5, 5.41) is 6.33. The van der Waals surface area contributed by atoms with Gasteiger partial charge in [0.2, 0.25) is 5.91 Å². The lowest BCUT2D eigenvalue weighted by Gasteiger charge is -2.11. The van der Waals surface area contributed by atoms with Crippen molar-refractivity contribution in [2.24, 2.45) is 0 Å². The molecule has 0 radical (unpaired) electrons. The number of alkyl halides is 3. The summed E-state index contributed by atoms with van der Waals surface area (Å²) in [6, 6.07) is 5.36. The summed E-state index contributed by atoms with van der Waals surface area (Å²) in [5.74, 6) is -1.26. The summed E-state index contributed by atoms with van der Waals surface area (Å²) in [4.78, 5) is 15.3. The van der Waals surface area contributed by atoms with Gasteiger partial charge in [-0.1, -0.05) is 0 Å². The molecule has 4 rings (SSSR count). The van der Waals surface area contributed by atoms with Crippen molar-refractivity contribution in [3.05, 3.63) is 46.9 Å². The third kappa shape index (κ3) is 2.45. The van der Waals surface area contributed by atoms with Gasteiger partial charge in [-0.25, -0.2) is 9.50 Å². The summed E-state index contributed by atoms with van der Waals surface area (Å²) < 4.78 is 40.0. The van der Waals surface area contributed by atoms with E-state index in [1.54, 1.807) is 6.07 Å². The van der Waals surface area contributed by atoms with Gasteiger partial charge in [-0.3, -0.25) is 4.79 Å². The van der Waals surface area contributed by atoms with Gasteiger partial charge in [-0.05, 0) is 54.3 Å². The van der Waals surface area contributed by atoms with E-state index in [4.69, 9.17) is 0 Å². The van der Waals surface area contributed by atoms with E-state index in [0.717, 1.165) is 32.5 Å². The molecular formula is C17H13F3N4O. The molecule has 1 N–H and O–H groups in total. The second-order valence-corrected chi connectivity index (χ2v) is 6.13. The predicted octanol–water partition coefficient (Wildman–Crippen LogP) is 3.53. The smallest absolute Gasteiger partial charge is 0.325 e. The summed E-state index contributed by atoms with van der Waals surface area (Å²) in [6.45, 7) is 3.66. The number of pyridine rings is 1. The van der Waals surface area contributed by atoms with E-state index in [9.17, 15) is 18.0 Å². The summed E-state index contributed by atoms with van der Waals surface area (Å²) in [5.41, 5.74) is 4.69. The molecular weight excluding hydrogens is 333 g/mol. The normalized spacial score (nSPS) is 14.0. The van der Waals surface area contributed by atoms with Crippen molar-refractivity contribution in [2.45, 2.75) is 26.4 Å². The Hall–Kier alpha value is -2.90. The standard InChI is InChI=1S/C17H13F3N4O/c1-8-3-4-24-15(22-16(23-24)17(18,19)20)13(8)10-5-9(2)14-11(6-10)7-12(25)21-14/h3-6H,7H2,1-2H3,(H,21,25). The van der Waals surface area contributed by atoms with Crippen LogP contribution in [-0.2, 0) is 17.4 Å². The molecule has 3 heterocycles. The number of rotatable bonds is 1. The molecule has 0 aliphatic carbocycles. The molecule has 0 atom stereocenters. The average molecular weight is 346 g/mol. The van der Waals surface area contributed by atoms with Crippen LogP contribution in [0.1, 0.15) is 22.5 Å². The first-order chi connectivity index (χ1) is 11.7. The van der Waals surface area contributed by atoms with Crippen LogP contribution in [0.3, 0.4) is 0 Å². The largest absolute Gasteiger partial charge is 0.453 e. The number of carbonyl (C=O) groups is 1. The van der Waals surface area contributed by atoms with Crippen molar-refractivity contribution in [3.8, 4) is 11.1 Å². The number of aryl methyl sites for hydroxylation is 2. The lowest BCUT2D eigenvalue weighted by Crippen LogP contribution is -2.07. The van der Waals surface area contributed by atoms with Crippen LogP contribution >= 0.6 is 0 Å². The van der Waals surface area contributed by atoms with E-state index in [2.05, 4.69) is 15.4 Å². The van der Waals surface area contributed by atoms with Crippen LogP contribution in [0.25, 0.3) is 16.8 Å². The van der Waals surface area contributed by atoms with Crippen molar-refractivity contribution in [2.75, 3.05) is 5.32 Å². The lowest BCUT2D eigenvalue weighted by atomic mass is 9.96. The second kappa shape index (κ2) is 5.05. The zero-order valence-corrected chi connectivity index (χ0v) is 13.4. The molecule has 5 nitrogen and oxygen atoms in total. The highest BCUT2D eigenvalue weighted by atomic mass is 19.4. The molecule has 25 heavy (non-hydrogen) atoms. The number of anilines is 1. The first-order valence-corrected chi connectivity index (χ1v) is 7.61. The minimum Gasteiger partial charge on any atom is -0.325 e. The van der Waals surface area contributed by atoms with Crippen LogP contribution < -0.4 is 5.32 Å². The summed E-state index contributed by atoms with van der Waals surface area (Å²) in [7, 11) is 0. The van der Waals surface area contributed by atoms with Crippen LogP contribution in [0.5, 0.6) is 0 Å². The van der Waals surface area contributed by atoms with E-state index in [0.29, 0.717) is 5.56 Å². The molecule has 8 heteroatoms. The number of nitrogens with one attached hydrogen (secondary N) is 1. The average Bonchev–Trinajstić information content (AvgIpc) is 3.09. The Morgan fingerprint density at radius 1 is 1.20 bits per heavy atom. The highest BCUT2D eigenvalue weighted by Crippen LogP contribution is 2.36. The van der Waals surface area contributed by atoms with Crippen molar-refractivity contribution in [1.29, 1.82) is 0 Å². The maximum Gasteiger partial charge on any atom is 0.453 e. The van der Waals surface area contributed by atoms with E-state index in [1.807, 2.05) is 26.0 Å². The minimum absolute atomic E-state index is 0.0907. The number of hydrogen-bond acceptors (Lipinski definition) is 3. The van der Waals surface area contributed by atoms with Gasteiger partial charge >= 0.3 is 6.18 Å². The molecule has 0 fully saturated rings. The minimum atomic E-state index is -4.61. The Bertz CT molecular complexity index is 1040. The van der Waals surface area contributed by atoms with Crippen molar-refractivity contribution >= 4 is 17.2 Å². The fraction of sp³-hybridized carbons (Fsp3) is 0.235. The molecule has 2 aromatic heterocycles. The van der Waals surface area contributed by atoms with Gasteiger partial charge in [0, 0.05) is 17.4 Å². The third-order valence-corrected chi connectivity index (χ3v) is 4.29. The lowest BCUT2D eigenvalue weighted by molar-refractivity contribution is -0.144. The van der Waals surface area contributed by atoms with Crippen LogP contribution in [0.2, 0.25) is 0 Å². The fourth-order valence-electron chi connectivity index (χ4n) is 3.20. The third-order valence-electron chi connectivity index (χ3n) is 4.29. The summed E-state index contributed by atoms with van der Waals surface area (Å²) in [6.07, 6.45) is -2.89. The topological polar surface area (TPSA) is 59.3 Å². The Kier molecular flexibility index (Phi) is 3.15. The first kappa shape index (κ1) is 15.6. The zero-order valence-electron chi connectivity index (χ0n) is 13.4. The Morgan fingerprint density at radius 3 is 2.68 bits per heavy atom. The van der Waals surface area contributed by atoms with Gasteiger partial charge in [0.1, 0.15) is 0 Å². The van der Waals surface area contributed by atoms with Crippen LogP contribution in [-0.4, -0.2) is 20.5 Å². The maximum absolute atomic E-state index is 13.0. The molecule has 1 amide bonds. The number of amides is 1. The van der Waals surface area contributed by atoms with Crippen molar-refractivity contribution < 1.29 is 18.0 Å². The molecule has 0 spiro atoms. The van der Waals surface area contributed by atoms with E-state index >= 15 is 0 Å². The first-order valence-electron chi connectivity index (χ1n) is 7.61. The number of fused-ring (bicyclic) bond motifs is 2. The van der Waals surface area contributed by atoms with Gasteiger partial charge in [-0.2, -0.15) is 13.2 Å². The zero-order chi connectivity index (χ0) is 17.9. The molecule has 0 bridgehead atoms. The number of hydrogen-bond donors (Lipinski definition) is 1. The molecule has 1 aromatic carbocycles. The van der Waals surface area contributed by atoms with E-state index in [-0.39, 0.29) is 18.0 Å². The van der Waals surface area contributed by atoms with Gasteiger partial charge in [0.05, 0.1) is 6.42 Å². The summed E-state index contributed by atoms with van der Waals surface area (Å²) >= 11 is 0. The van der Waals surface area contributed by atoms with Gasteiger partial charge < -0.3 is 5.32 Å². The van der Waals surface area contributed by atoms with Crippen molar-refractivity contribution in [1.82, 2.24) is 14.6 Å². The Morgan fingerprint density at radius 2 is 1.96 bits per heavy atom. The fourth-order valence-corrected chi connectivity index (χ4v) is 3.20. The molecule has 0 saturated carbocycles. The van der Waals surface area contributed by atoms with E-state index < -0.39 is 12.0 Å². The van der Waals surface area contributed by atoms with Gasteiger partial charge in [0.25, 0.3) is 5.82 Å². The molecule has 0 unspecified atom stereocenters. The van der Waals surface area contributed by atoms with Crippen LogP contribution in [0.4, 0.5) is 18.9 Å². The molecule has 128 valence electrons. The van der Waals surface area contributed by atoms with Gasteiger partial charge in [0.15, 0.2) is 5.65 Å². The Balaban J connectivity index is 1.97. The van der Waals surface area contributed by atoms with Gasteiger partial charge in [-0.15, -0.1) is 5.10 Å². The maximum atomic E-state index is 13.0. The monoisotopic (exact) mass is 346 g/mol. The highest BCUT2D eigenvalue weighted by molar-refractivity contribution is 6.01. The molecule has 3 aromatic rings. The van der Waals surface area contributed by atoms with Crippen LogP contribution in [0.15, 0.2) is 24.4 Å². The second-order valence-electron chi connectivity index (χ2n) is 6.13. The SMILES string of the molecule is Cc1cc(-c2c(C)ccn3nc(C(F)(F)F)nc23)cc2c1NC(=O)C2. The molecule has 0 saturated heterocycles. The number of halogens is 3. The van der Waals surface area contributed by atoms with Crippen LogP contribution in [0, 0.1) is 13.8 Å². The molecule has 1 aliphatic heterocycles. The molecule has 1 aliphatic rings. The predicted molar refractivity (Wildman–Crippen MR) is 85.2 cm³/mol. The number of aromatic nitrogens is 3. The van der Waals surface area contributed by atoms with E-state index in [1.165, 1.54) is 6.20 Å². The number of nitrogens with zero attached hydrogens (tertiary/aromatic N) is 3. The highest BCUT2D eigenvalue weighted by Gasteiger charge is 2.36. The van der Waals surface area contributed by atoms with Crippen molar-refractivity contribution in [3.63, 3.8) is 0 Å².